The fraction of sp³-hybridized carbons (Fsp3) is 0.250. The highest BCUT2D eigenvalue weighted by Crippen LogP contribution is 2.37. The van der Waals surface area contributed by atoms with Crippen molar-refractivity contribution in [3.05, 3.63) is 95.8 Å². The number of amides is 1. The molecule has 36 heavy (non-hydrogen) atoms. The maximum Gasteiger partial charge on any atom is 0.230 e. The van der Waals surface area contributed by atoms with E-state index in [1.165, 1.54) is 22.9 Å². The molecular formula is C28H26N4O3S. The van der Waals surface area contributed by atoms with Crippen molar-refractivity contribution in [2.75, 3.05) is 12.4 Å². The molecular weight excluding hydrogens is 472 g/mol. The summed E-state index contributed by atoms with van der Waals surface area (Å²) in [7, 11) is 0. The van der Waals surface area contributed by atoms with Gasteiger partial charge in [0, 0.05) is 5.69 Å². The number of rotatable bonds is 6. The molecule has 7 nitrogen and oxygen atoms in total. The number of aryl methyl sites for hydroxylation is 1. The lowest BCUT2D eigenvalue weighted by atomic mass is 9.88. The summed E-state index contributed by atoms with van der Waals surface area (Å²) in [4.78, 5) is 13.0. The summed E-state index contributed by atoms with van der Waals surface area (Å²) >= 11 is 1.37. The molecule has 1 amide bonds. The quantitative estimate of drug-likeness (QED) is 0.374. The summed E-state index contributed by atoms with van der Waals surface area (Å²) < 4.78 is 14.1. The second-order valence-corrected chi connectivity index (χ2v) is 9.82. The Morgan fingerprint density at radius 3 is 2.64 bits per heavy atom. The first kappa shape index (κ1) is 22.7. The Morgan fingerprint density at radius 2 is 1.75 bits per heavy atom. The number of nitrogens with one attached hydrogen (secondary N) is 1. The summed E-state index contributed by atoms with van der Waals surface area (Å²) in [5.74, 6) is 2.26. The Morgan fingerprint density at radius 1 is 0.972 bits per heavy atom. The van der Waals surface area contributed by atoms with E-state index in [2.05, 4.69) is 33.7 Å². The molecule has 2 heterocycles. The van der Waals surface area contributed by atoms with Crippen LogP contribution in [0.3, 0.4) is 0 Å². The van der Waals surface area contributed by atoms with Crippen molar-refractivity contribution in [1.29, 1.82) is 0 Å². The van der Waals surface area contributed by atoms with Crippen LogP contribution in [-0.4, -0.2) is 33.0 Å². The third-order valence-electron chi connectivity index (χ3n) is 6.51. The van der Waals surface area contributed by atoms with E-state index in [0.29, 0.717) is 23.3 Å². The van der Waals surface area contributed by atoms with E-state index in [9.17, 15) is 4.79 Å². The molecule has 8 heteroatoms. The summed E-state index contributed by atoms with van der Waals surface area (Å²) in [5.41, 5.74) is 3.46. The van der Waals surface area contributed by atoms with Crippen molar-refractivity contribution in [3.63, 3.8) is 0 Å². The van der Waals surface area contributed by atoms with E-state index in [4.69, 9.17) is 9.47 Å². The predicted molar refractivity (Wildman–Crippen MR) is 138 cm³/mol. The maximum atomic E-state index is 13.0. The van der Waals surface area contributed by atoms with E-state index in [1.54, 1.807) is 0 Å². The molecule has 1 aromatic heterocycles. The Balaban J connectivity index is 1.21. The molecule has 0 spiro atoms. The fourth-order valence-corrected chi connectivity index (χ4v) is 5.59. The Bertz CT molecular complexity index is 1370. The van der Waals surface area contributed by atoms with Crippen molar-refractivity contribution in [1.82, 2.24) is 20.1 Å². The van der Waals surface area contributed by atoms with Gasteiger partial charge in [0.1, 0.15) is 6.61 Å². The largest absolute Gasteiger partial charge is 0.485 e. The van der Waals surface area contributed by atoms with Crippen molar-refractivity contribution < 1.29 is 14.3 Å². The summed E-state index contributed by atoms with van der Waals surface area (Å²) in [5, 5.41) is 12.8. The van der Waals surface area contributed by atoms with Gasteiger partial charge in [-0.25, -0.2) is 0 Å². The molecule has 2 atom stereocenters. The predicted octanol–water partition coefficient (Wildman–Crippen LogP) is 5.07. The molecule has 2 aliphatic rings. The van der Waals surface area contributed by atoms with Gasteiger partial charge in [0.2, 0.25) is 5.91 Å². The topological polar surface area (TPSA) is 78.3 Å². The molecule has 1 aliphatic carbocycles. The number of carbonyl (C=O) groups is 1. The van der Waals surface area contributed by atoms with Gasteiger partial charge in [0.25, 0.3) is 0 Å². The molecule has 0 saturated heterocycles. The highest BCUT2D eigenvalue weighted by atomic mass is 32.2. The van der Waals surface area contributed by atoms with Gasteiger partial charge in [-0.15, -0.1) is 10.2 Å². The highest BCUT2D eigenvalue weighted by molar-refractivity contribution is 7.99. The number of fused-ring (bicyclic) bond motifs is 2. The molecule has 182 valence electrons. The molecule has 4 aromatic rings. The highest BCUT2D eigenvalue weighted by Gasteiger charge is 2.29. The van der Waals surface area contributed by atoms with Crippen molar-refractivity contribution in [2.45, 2.75) is 36.6 Å². The molecule has 0 fully saturated rings. The number of nitrogens with zero attached hydrogens (tertiary/aromatic N) is 3. The van der Waals surface area contributed by atoms with Crippen molar-refractivity contribution in [2.24, 2.45) is 0 Å². The van der Waals surface area contributed by atoms with Gasteiger partial charge < -0.3 is 14.8 Å². The number of aromatic nitrogens is 3. The third-order valence-corrected chi connectivity index (χ3v) is 7.44. The molecule has 0 saturated carbocycles. The minimum atomic E-state index is -0.422. The molecule has 0 bridgehead atoms. The standard InChI is InChI=1S/C28H26N4O3S/c33-26(29-22-14-8-10-19-9-4-5-13-21(19)22)18-36-28-31-30-27(32(28)20-11-2-1-3-12-20)25-17-34-23-15-6-7-16-24(23)35-25/h1-7,9,11-13,15-16,22,25H,8,10,14,17-18H2,(H,29,33)/t22-,25+/m1/s1. The molecule has 3 aromatic carbocycles. The maximum absolute atomic E-state index is 13.0. The van der Waals surface area contributed by atoms with Gasteiger partial charge in [-0.3, -0.25) is 9.36 Å². The number of carbonyl (C=O) groups excluding carboxylic acids is 1. The van der Waals surface area contributed by atoms with Crippen molar-refractivity contribution in [3.8, 4) is 17.2 Å². The van der Waals surface area contributed by atoms with E-state index in [-0.39, 0.29) is 17.7 Å². The number of hydrogen-bond donors (Lipinski definition) is 1. The van der Waals surface area contributed by atoms with Crippen LogP contribution in [-0.2, 0) is 11.2 Å². The molecule has 1 N–H and O–H groups in total. The van der Waals surface area contributed by atoms with E-state index in [0.717, 1.165) is 30.7 Å². The lowest BCUT2D eigenvalue weighted by molar-refractivity contribution is -0.119. The van der Waals surface area contributed by atoms with Crippen LogP contribution in [0.15, 0.2) is 84.0 Å². The van der Waals surface area contributed by atoms with Crippen LogP contribution >= 0.6 is 11.8 Å². The monoisotopic (exact) mass is 498 g/mol. The van der Waals surface area contributed by atoms with Gasteiger partial charge in [-0.1, -0.05) is 66.4 Å². The van der Waals surface area contributed by atoms with E-state index < -0.39 is 6.10 Å². The van der Waals surface area contributed by atoms with E-state index >= 15 is 0 Å². The first-order chi connectivity index (χ1) is 17.8. The first-order valence-electron chi connectivity index (χ1n) is 12.2. The van der Waals surface area contributed by atoms with Crippen LogP contribution < -0.4 is 14.8 Å². The Hall–Kier alpha value is -3.78. The summed E-state index contributed by atoms with van der Waals surface area (Å²) in [6, 6.07) is 25.9. The number of para-hydroxylation sites is 3. The minimum Gasteiger partial charge on any atom is -0.485 e. The lowest BCUT2D eigenvalue weighted by Crippen LogP contribution is -2.32. The number of ether oxygens (including phenoxy) is 2. The van der Waals surface area contributed by atoms with Gasteiger partial charge in [-0.05, 0) is 54.7 Å². The number of thioether (sulfide) groups is 1. The fourth-order valence-electron chi connectivity index (χ4n) is 4.82. The summed E-state index contributed by atoms with van der Waals surface area (Å²) in [6.07, 6.45) is 2.68. The van der Waals surface area contributed by atoms with Crippen LogP contribution in [0.4, 0.5) is 0 Å². The van der Waals surface area contributed by atoms with Gasteiger partial charge >= 0.3 is 0 Å². The Labute approximate surface area is 213 Å². The second-order valence-electron chi connectivity index (χ2n) is 8.88. The average molecular weight is 499 g/mol. The average Bonchev–Trinajstić information content (AvgIpc) is 3.36. The normalized spacial score (nSPS) is 18.3. The van der Waals surface area contributed by atoms with Crippen LogP contribution in [0.25, 0.3) is 5.69 Å². The van der Waals surface area contributed by atoms with Gasteiger partial charge in [0.15, 0.2) is 28.6 Å². The van der Waals surface area contributed by atoms with Crippen LogP contribution in [0.2, 0.25) is 0 Å². The third kappa shape index (κ3) is 4.56. The minimum absolute atomic E-state index is 0.0166. The molecule has 0 unspecified atom stereocenters. The molecule has 1 aliphatic heterocycles. The zero-order valence-electron chi connectivity index (χ0n) is 19.7. The van der Waals surface area contributed by atoms with Gasteiger partial charge in [-0.2, -0.15) is 0 Å². The smallest absolute Gasteiger partial charge is 0.230 e. The first-order valence-corrected chi connectivity index (χ1v) is 13.1. The Kier molecular flexibility index (Phi) is 6.34. The number of hydrogen-bond acceptors (Lipinski definition) is 6. The zero-order chi connectivity index (χ0) is 24.3. The zero-order valence-corrected chi connectivity index (χ0v) is 20.5. The van der Waals surface area contributed by atoms with Gasteiger partial charge in [0.05, 0.1) is 11.8 Å². The van der Waals surface area contributed by atoms with Crippen LogP contribution in [0.1, 0.15) is 41.9 Å². The van der Waals surface area contributed by atoms with Crippen LogP contribution in [0, 0.1) is 0 Å². The van der Waals surface area contributed by atoms with Crippen molar-refractivity contribution >= 4 is 17.7 Å². The lowest BCUT2D eigenvalue weighted by Gasteiger charge is -2.26. The second kappa shape index (κ2) is 10.1. The number of benzene rings is 3. The summed E-state index contributed by atoms with van der Waals surface area (Å²) in [6.45, 7) is 0.328. The molecule has 0 radical (unpaired) electrons. The SMILES string of the molecule is O=C(CSc1nnc([C@@H]2COc3ccccc3O2)n1-c1ccccc1)N[C@@H]1CCCc2ccccc21. The van der Waals surface area contributed by atoms with Crippen LogP contribution in [0.5, 0.6) is 11.5 Å². The molecule has 6 rings (SSSR count). The van der Waals surface area contributed by atoms with E-state index in [1.807, 2.05) is 65.2 Å².